The number of ether oxygens (including phenoxy) is 1. The highest BCUT2D eigenvalue weighted by Gasteiger charge is 2.49. The summed E-state index contributed by atoms with van der Waals surface area (Å²) in [5.74, 6) is -1.93. The number of amides is 1. The number of ketones is 1. The molecule has 5 rings (SSSR count). The first-order valence-electron chi connectivity index (χ1n) is 10.5. The van der Waals surface area contributed by atoms with Crippen LogP contribution >= 0.6 is 11.3 Å². The molecule has 0 bridgehead atoms. The van der Waals surface area contributed by atoms with Gasteiger partial charge >= 0.3 is 5.91 Å². The van der Waals surface area contributed by atoms with E-state index in [2.05, 4.69) is 4.98 Å². The number of aryl methyl sites for hydroxylation is 1. The molecule has 6 nitrogen and oxygen atoms in total. The second kappa shape index (κ2) is 8.39. The number of aliphatic hydroxyl groups is 1. The third-order valence-electron chi connectivity index (χ3n) is 5.75. The molecular formula is C26H19FN2O4S. The maximum atomic E-state index is 13.8. The fourth-order valence-corrected chi connectivity index (χ4v) is 5.09. The van der Waals surface area contributed by atoms with E-state index in [9.17, 15) is 19.1 Å². The van der Waals surface area contributed by atoms with E-state index in [1.807, 2.05) is 19.1 Å². The van der Waals surface area contributed by atoms with Crippen LogP contribution in [0.15, 0.2) is 72.3 Å². The second-order valence-electron chi connectivity index (χ2n) is 7.89. The smallest absolute Gasteiger partial charge is 0.301 e. The van der Waals surface area contributed by atoms with Crippen molar-refractivity contribution in [1.82, 2.24) is 4.98 Å². The average molecular weight is 475 g/mol. The maximum absolute atomic E-state index is 13.8. The number of aromatic nitrogens is 1. The van der Waals surface area contributed by atoms with E-state index in [4.69, 9.17) is 4.74 Å². The molecule has 2 heterocycles. The minimum Gasteiger partial charge on any atom is -0.507 e. The number of benzene rings is 3. The number of Topliss-reactive ketones (excluding diaryl/α,β-unsaturated/α-hetero) is 1. The third kappa shape index (κ3) is 3.52. The largest absolute Gasteiger partial charge is 0.507 e. The van der Waals surface area contributed by atoms with E-state index >= 15 is 0 Å². The number of carbonyl (C=O) groups excluding carboxylic acids is 2. The number of rotatable bonds is 4. The third-order valence-corrected chi connectivity index (χ3v) is 6.77. The Hall–Kier alpha value is -4.04. The number of hydrogen-bond donors (Lipinski definition) is 1. The van der Waals surface area contributed by atoms with Gasteiger partial charge in [0.05, 0.1) is 22.9 Å². The molecule has 1 aliphatic heterocycles. The second-order valence-corrected chi connectivity index (χ2v) is 8.89. The van der Waals surface area contributed by atoms with Crippen LogP contribution in [0.25, 0.3) is 16.0 Å². The van der Waals surface area contributed by atoms with E-state index in [0.29, 0.717) is 27.1 Å². The maximum Gasteiger partial charge on any atom is 0.301 e. The van der Waals surface area contributed by atoms with E-state index in [1.54, 1.807) is 36.4 Å². The van der Waals surface area contributed by atoms with Crippen LogP contribution in [-0.2, 0) is 9.59 Å². The zero-order chi connectivity index (χ0) is 24.0. The van der Waals surface area contributed by atoms with Crippen molar-refractivity contribution < 1.29 is 23.8 Å². The van der Waals surface area contributed by atoms with Crippen LogP contribution in [0.5, 0.6) is 5.75 Å². The highest BCUT2D eigenvalue weighted by atomic mass is 32.1. The first kappa shape index (κ1) is 21.8. The van der Waals surface area contributed by atoms with Crippen molar-refractivity contribution in [3.8, 4) is 5.75 Å². The number of nitrogens with zero attached hydrogens (tertiary/aromatic N) is 2. The van der Waals surface area contributed by atoms with E-state index < -0.39 is 23.5 Å². The first-order chi connectivity index (χ1) is 16.4. The molecule has 1 N–H and O–H groups in total. The molecule has 1 aromatic heterocycles. The van der Waals surface area contributed by atoms with Crippen LogP contribution in [0, 0.1) is 12.7 Å². The Labute approximate surface area is 198 Å². The molecule has 0 unspecified atom stereocenters. The highest BCUT2D eigenvalue weighted by Crippen LogP contribution is 2.46. The van der Waals surface area contributed by atoms with Gasteiger partial charge in [-0.3, -0.25) is 14.5 Å². The standard InChI is InChI=1S/C26H19FN2O4S/c1-14-7-9-15(10-8-14)23(30)21-22(17-5-3-4-6-19(17)33-2)29(25(32)24(21)31)26-28-18-12-11-16(27)13-20(18)34-26/h3-13,22,30H,1-2H3/t22-/m0/s1. The van der Waals surface area contributed by atoms with Crippen molar-refractivity contribution >= 4 is 44.1 Å². The van der Waals surface area contributed by atoms with Crippen molar-refractivity contribution in [2.75, 3.05) is 12.0 Å². The van der Waals surface area contributed by atoms with Crippen LogP contribution in [0.4, 0.5) is 9.52 Å². The predicted molar refractivity (Wildman–Crippen MR) is 129 cm³/mol. The zero-order valence-corrected chi connectivity index (χ0v) is 19.1. The molecule has 1 aliphatic rings. The van der Waals surface area contributed by atoms with Gasteiger partial charge in [-0.05, 0) is 31.2 Å². The highest BCUT2D eigenvalue weighted by molar-refractivity contribution is 7.22. The van der Waals surface area contributed by atoms with Crippen LogP contribution < -0.4 is 9.64 Å². The fourth-order valence-electron chi connectivity index (χ4n) is 4.07. The Morgan fingerprint density at radius 2 is 1.82 bits per heavy atom. The van der Waals surface area contributed by atoms with Crippen LogP contribution in [0.3, 0.4) is 0 Å². The lowest BCUT2D eigenvalue weighted by Crippen LogP contribution is -2.29. The van der Waals surface area contributed by atoms with Crippen molar-refractivity contribution in [1.29, 1.82) is 0 Å². The summed E-state index contributed by atoms with van der Waals surface area (Å²) in [7, 11) is 1.49. The molecule has 0 saturated carbocycles. The van der Waals surface area contributed by atoms with Crippen LogP contribution in [0.2, 0.25) is 0 Å². The minimum atomic E-state index is -0.983. The number of fused-ring (bicyclic) bond motifs is 1. The van der Waals surface area contributed by atoms with E-state index in [1.165, 1.54) is 30.2 Å². The van der Waals surface area contributed by atoms with Gasteiger partial charge in [0, 0.05) is 11.1 Å². The first-order valence-corrected chi connectivity index (χ1v) is 11.3. The normalized spacial score (nSPS) is 17.5. The lowest BCUT2D eigenvalue weighted by molar-refractivity contribution is -0.132. The Kier molecular flexibility index (Phi) is 5.37. The molecule has 1 saturated heterocycles. The SMILES string of the molecule is COc1ccccc1[C@H]1C(=C(O)c2ccc(C)cc2)C(=O)C(=O)N1c1nc2ccc(F)cc2s1. The van der Waals surface area contributed by atoms with Crippen LogP contribution in [-0.4, -0.2) is 28.9 Å². The molecule has 8 heteroatoms. The van der Waals surface area contributed by atoms with Crippen molar-refractivity contribution in [3.63, 3.8) is 0 Å². The molecule has 0 radical (unpaired) electrons. The molecule has 4 aromatic rings. The lowest BCUT2D eigenvalue weighted by atomic mass is 9.94. The molecule has 170 valence electrons. The fraction of sp³-hybridized carbons (Fsp3) is 0.115. The topological polar surface area (TPSA) is 79.7 Å². The summed E-state index contributed by atoms with van der Waals surface area (Å²) in [6, 6.07) is 17.1. The molecule has 1 atom stereocenters. The van der Waals surface area contributed by atoms with Crippen molar-refractivity contribution in [2.24, 2.45) is 0 Å². The van der Waals surface area contributed by atoms with Gasteiger partial charge in [0.2, 0.25) is 0 Å². The number of hydrogen-bond acceptors (Lipinski definition) is 6. The Bertz CT molecular complexity index is 1480. The molecule has 1 fully saturated rings. The van der Waals surface area contributed by atoms with Crippen molar-refractivity contribution in [3.05, 3.63) is 94.8 Å². The quantitative estimate of drug-likeness (QED) is 0.244. The molecule has 0 aliphatic carbocycles. The number of thiazole rings is 1. The predicted octanol–water partition coefficient (Wildman–Crippen LogP) is 5.38. The van der Waals surface area contributed by atoms with Gasteiger partial charge in [0.15, 0.2) is 5.13 Å². The monoisotopic (exact) mass is 474 g/mol. The van der Waals surface area contributed by atoms with Gasteiger partial charge < -0.3 is 9.84 Å². The Balaban J connectivity index is 1.76. The summed E-state index contributed by atoms with van der Waals surface area (Å²) < 4.78 is 19.8. The summed E-state index contributed by atoms with van der Waals surface area (Å²) in [6.45, 7) is 1.91. The summed E-state index contributed by atoms with van der Waals surface area (Å²) in [5.41, 5.74) is 2.35. The summed E-state index contributed by atoms with van der Waals surface area (Å²) in [4.78, 5) is 32.3. The lowest BCUT2D eigenvalue weighted by Gasteiger charge is -2.24. The van der Waals surface area contributed by atoms with Gasteiger partial charge in [0.1, 0.15) is 23.4 Å². The minimum absolute atomic E-state index is 0.0659. The number of carbonyl (C=O) groups is 2. The molecule has 0 spiro atoms. The zero-order valence-electron chi connectivity index (χ0n) is 18.3. The molecule has 1 amide bonds. The van der Waals surface area contributed by atoms with Gasteiger partial charge in [-0.2, -0.15) is 0 Å². The van der Waals surface area contributed by atoms with Gasteiger partial charge in [0.25, 0.3) is 5.78 Å². The summed E-state index contributed by atoms with van der Waals surface area (Å²) in [5, 5.41) is 11.4. The summed E-state index contributed by atoms with van der Waals surface area (Å²) in [6.07, 6.45) is 0. The van der Waals surface area contributed by atoms with E-state index in [-0.39, 0.29) is 16.5 Å². The van der Waals surface area contributed by atoms with E-state index in [0.717, 1.165) is 16.9 Å². The number of halogens is 1. The summed E-state index contributed by atoms with van der Waals surface area (Å²) >= 11 is 1.09. The number of methoxy groups -OCH3 is 1. The number of anilines is 1. The Morgan fingerprint density at radius 3 is 2.56 bits per heavy atom. The van der Waals surface area contributed by atoms with Gasteiger partial charge in [-0.1, -0.05) is 59.4 Å². The Morgan fingerprint density at radius 1 is 1.09 bits per heavy atom. The van der Waals surface area contributed by atoms with Gasteiger partial charge in [-0.25, -0.2) is 9.37 Å². The van der Waals surface area contributed by atoms with Gasteiger partial charge in [-0.15, -0.1) is 0 Å². The molecule has 3 aromatic carbocycles. The van der Waals surface area contributed by atoms with Crippen molar-refractivity contribution in [2.45, 2.75) is 13.0 Å². The number of aliphatic hydroxyl groups excluding tert-OH is 1. The number of para-hydroxylation sites is 1. The average Bonchev–Trinajstić information content (AvgIpc) is 3.36. The molecular weight excluding hydrogens is 455 g/mol. The molecule has 34 heavy (non-hydrogen) atoms. The van der Waals surface area contributed by atoms with Crippen LogP contribution in [0.1, 0.15) is 22.7 Å².